The molecule has 43 heavy (non-hydrogen) atoms. The Morgan fingerprint density at radius 3 is 2.35 bits per heavy atom. The molecule has 0 unspecified atom stereocenters. The van der Waals surface area contributed by atoms with Gasteiger partial charge in [-0.3, -0.25) is 9.11 Å². The molecule has 2 aromatic heterocycles. The molecular weight excluding hydrogens is 578 g/mol. The van der Waals surface area contributed by atoms with E-state index in [4.69, 9.17) is 21.2 Å². The average Bonchev–Trinajstić information content (AvgIpc) is 3.53. The molecule has 5 N–H and O–H groups in total. The van der Waals surface area contributed by atoms with Crippen LogP contribution in [0.4, 0.5) is 31.9 Å². The lowest BCUT2D eigenvalue weighted by Gasteiger charge is -2.22. The summed E-state index contributed by atoms with van der Waals surface area (Å²) in [4.78, 5) is 19.4. The summed E-state index contributed by atoms with van der Waals surface area (Å²) in [7, 11) is -3.91. The van der Waals surface area contributed by atoms with Crippen LogP contribution in [0.15, 0.2) is 42.7 Å². The zero-order valence-corrected chi connectivity index (χ0v) is 25.0. The lowest BCUT2D eigenvalue weighted by Crippen LogP contribution is -2.19. The van der Waals surface area contributed by atoms with E-state index in [1.807, 2.05) is 19.9 Å². The van der Waals surface area contributed by atoms with Gasteiger partial charge in [0.2, 0.25) is 16.0 Å². The molecule has 5 rings (SSSR count). The normalized spacial score (nSPS) is 13.2. The first-order valence-corrected chi connectivity index (χ1v) is 15.7. The van der Waals surface area contributed by atoms with Gasteiger partial charge in [-0.15, -0.1) is 0 Å². The molecule has 14 heteroatoms. The number of sulfonamides is 1. The van der Waals surface area contributed by atoms with Crippen molar-refractivity contribution in [2.75, 3.05) is 59.8 Å². The van der Waals surface area contributed by atoms with Crippen LogP contribution in [-0.4, -0.2) is 67.1 Å². The number of hydrogen-bond donors (Lipinski definition) is 3. The standard InChI is InChI=1S/C25H26F2N8O2S.C4H10O/c26-7-4-10-38(36,37)34-19-6-3-5-17(21(19)27)15-11-18-22(20(12-15)35-8-1-2-9-35)32-24(33-23(18)28)16-13-30-25(29)31-14-16;1-3-5-4-2/h3,5-6,11-14,34H,1-2,4,7-10H2,(H2,28,32,33)(H2,29,30,31);3-4H2,1-2H3. The molecule has 4 aromatic rings. The summed E-state index contributed by atoms with van der Waals surface area (Å²) >= 11 is 0. The van der Waals surface area contributed by atoms with E-state index in [9.17, 15) is 12.8 Å². The van der Waals surface area contributed by atoms with Gasteiger partial charge in [-0.1, -0.05) is 12.1 Å². The predicted octanol–water partition coefficient (Wildman–Crippen LogP) is 4.80. The second-order valence-corrected chi connectivity index (χ2v) is 11.6. The van der Waals surface area contributed by atoms with Crippen molar-refractivity contribution in [2.45, 2.75) is 33.1 Å². The summed E-state index contributed by atoms with van der Waals surface area (Å²) in [5.41, 5.74) is 14.3. The number of anilines is 4. The van der Waals surface area contributed by atoms with Gasteiger partial charge in [0, 0.05) is 49.6 Å². The molecule has 0 spiro atoms. The van der Waals surface area contributed by atoms with Gasteiger partial charge in [-0.25, -0.2) is 32.7 Å². The number of nitrogens with two attached hydrogens (primary N) is 2. The number of aromatic nitrogens is 4. The first kappa shape index (κ1) is 31.8. The van der Waals surface area contributed by atoms with Crippen LogP contribution < -0.4 is 21.1 Å². The van der Waals surface area contributed by atoms with E-state index >= 15 is 4.39 Å². The van der Waals surface area contributed by atoms with Crippen molar-refractivity contribution in [1.29, 1.82) is 0 Å². The monoisotopic (exact) mass is 614 g/mol. The minimum absolute atomic E-state index is 0.124. The predicted molar refractivity (Wildman–Crippen MR) is 166 cm³/mol. The van der Waals surface area contributed by atoms with Crippen LogP contribution >= 0.6 is 0 Å². The first-order chi connectivity index (χ1) is 20.7. The van der Waals surface area contributed by atoms with Crippen LogP contribution in [0, 0.1) is 5.82 Å². The smallest absolute Gasteiger partial charge is 0.232 e. The number of ether oxygens (including phenoxy) is 1. The van der Waals surface area contributed by atoms with E-state index in [0.29, 0.717) is 27.9 Å². The molecule has 11 nitrogen and oxygen atoms in total. The summed E-state index contributed by atoms with van der Waals surface area (Å²) in [6.45, 7) is 6.47. The second-order valence-electron chi connectivity index (χ2n) is 9.76. The highest BCUT2D eigenvalue weighted by Gasteiger charge is 2.22. The lowest BCUT2D eigenvalue weighted by molar-refractivity contribution is 0.162. The van der Waals surface area contributed by atoms with Crippen molar-refractivity contribution < 1.29 is 21.9 Å². The third-order valence-corrected chi connectivity index (χ3v) is 8.07. The van der Waals surface area contributed by atoms with Gasteiger partial charge in [0.15, 0.2) is 11.6 Å². The molecule has 0 atom stereocenters. The fraction of sp³-hybridized carbons (Fsp3) is 0.379. The zero-order valence-electron chi connectivity index (χ0n) is 24.2. The van der Waals surface area contributed by atoms with Gasteiger partial charge in [0.25, 0.3) is 0 Å². The molecule has 1 aliphatic heterocycles. The Balaban J connectivity index is 0.000000782. The number of benzene rings is 2. The van der Waals surface area contributed by atoms with E-state index in [-0.39, 0.29) is 29.4 Å². The molecule has 0 radical (unpaired) electrons. The van der Waals surface area contributed by atoms with E-state index in [1.165, 1.54) is 18.5 Å². The SMILES string of the molecule is CCOCC.Nc1ncc(-c2nc(N)c3cc(-c4cccc(NS(=O)(=O)CCCF)c4F)cc(N4CCCC4)c3n2)cn1. The van der Waals surface area contributed by atoms with Crippen LogP contribution in [0.2, 0.25) is 0 Å². The van der Waals surface area contributed by atoms with Gasteiger partial charge >= 0.3 is 0 Å². The Labute approximate surface area is 249 Å². The number of fused-ring (bicyclic) bond motifs is 1. The zero-order chi connectivity index (χ0) is 31.0. The van der Waals surface area contributed by atoms with Crippen molar-refractivity contribution in [3.63, 3.8) is 0 Å². The van der Waals surface area contributed by atoms with Gasteiger partial charge < -0.3 is 21.1 Å². The number of hydrogen-bond acceptors (Lipinski definition) is 10. The molecule has 3 heterocycles. The number of nitrogens with zero attached hydrogens (tertiary/aromatic N) is 5. The van der Waals surface area contributed by atoms with Crippen molar-refractivity contribution in [3.05, 3.63) is 48.5 Å². The minimum atomic E-state index is -3.91. The van der Waals surface area contributed by atoms with E-state index in [1.54, 1.807) is 18.2 Å². The molecule has 2 aromatic carbocycles. The quantitative estimate of drug-likeness (QED) is 0.226. The highest BCUT2D eigenvalue weighted by atomic mass is 32.2. The first-order valence-electron chi connectivity index (χ1n) is 14.0. The van der Waals surface area contributed by atoms with Gasteiger partial charge in [0.1, 0.15) is 5.82 Å². The van der Waals surface area contributed by atoms with Crippen molar-refractivity contribution >= 4 is 44.1 Å². The minimum Gasteiger partial charge on any atom is -0.383 e. The Morgan fingerprint density at radius 1 is 1.02 bits per heavy atom. The number of rotatable bonds is 10. The summed E-state index contributed by atoms with van der Waals surface area (Å²) in [6, 6.07) is 7.94. The molecule has 0 aliphatic carbocycles. The van der Waals surface area contributed by atoms with Crippen LogP contribution in [0.5, 0.6) is 0 Å². The fourth-order valence-corrected chi connectivity index (χ4v) is 5.76. The molecule has 230 valence electrons. The Bertz CT molecular complexity index is 1650. The molecule has 0 saturated carbocycles. The van der Waals surface area contributed by atoms with Crippen LogP contribution in [0.25, 0.3) is 33.4 Å². The summed E-state index contributed by atoms with van der Waals surface area (Å²) in [5.74, 6) is -0.555. The highest BCUT2D eigenvalue weighted by Crippen LogP contribution is 2.38. The van der Waals surface area contributed by atoms with Crippen molar-refractivity contribution in [1.82, 2.24) is 19.9 Å². The molecule has 0 bridgehead atoms. The summed E-state index contributed by atoms with van der Waals surface area (Å²) in [6.07, 6.45) is 4.85. The van der Waals surface area contributed by atoms with Gasteiger partial charge in [-0.2, -0.15) is 0 Å². The molecular formula is C29H36F2N8O3S. The van der Waals surface area contributed by atoms with Crippen molar-refractivity contribution in [2.24, 2.45) is 0 Å². The van der Waals surface area contributed by atoms with Gasteiger partial charge in [-0.05, 0) is 56.9 Å². The third kappa shape index (κ3) is 7.82. The maximum atomic E-state index is 15.6. The maximum absolute atomic E-state index is 15.6. The number of alkyl halides is 1. The second kappa shape index (κ2) is 14.3. The van der Waals surface area contributed by atoms with Gasteiger partial charge in [0.05, 0.1) is 34.9 Å². The number of nitrogens with one attached hydrogen (secondary N) is 1. The Kier molecular flexibility index (Phi) is 10.6. The van der Waals surface area contributed by atoms with E-state index < -0.39 is 28.3 Å². The van der Waals surface area contributed by atoms with Crippen molar-refractivity contribution in [3.8, 4) is 22.5 Å². The molecule has 1 fully saturated rings. The number of nitrogen functional groups attached to an aromatic ring is 2. The van der Waals surface area contributed by atoms with Crippen LogP contribution in [0.1, 0.15) is 33.1 Å². The van der Waals surface area contributed by atoms with E-state index in [0.717, 1.165) is 44.8 Å². The van der Waals surface area contributed by atoms with E-state index in [2.05, 4.69) is 24.6 Å². The average molecular weight is 615 g/mol. The third-order valence-electron chi connectivity index (χ3n) is 6.72. The largest absolute Gasteiger partial charge is 0.383 e. The number of halogens is 2. The molecule has 0 amide bonds. The Morgan fingerprint density at radius 2 is 1.72 bits per heavy atom. The maximum Gasteiger partial charge on any atom is 0.232 e. The highest BCUT2D eigenvalue weighted by molar-refractivity contribution is 7.92. The molecule has 1 saturated heterocycles. The fourth-order valence-electron chi connectivity index (χ4n) is 4.68. The Hall–Kier alpha value is -4.17. The summed E-state index contributed by atoms with van der Waals surface area (Å²) in [5, 5.41) is 0.526. The molecule has 1 aliphatic rings. The van der Waals surface area contributed by atoms with Crippen LogP contribution in [-0.2, 0) is 14.8 Å². The summed E-state index contributed by atoms with van der Waals surface area (Å²) < 4.78 is 59.7. The lowest BCUT2D eigenvalue weighted by atomic mass is 10.0. The topological polar surface area (TPSA) is 162 Å². The van der Waals surface area contributed by atoms with Crippen LogP contribution in [0.3, 0.4) is 0 Å².